The van der Waals surface area contributed by atoms with Crippen LogP contribution in [0.15, 0.2) is 56.3 Å². The fourth-order valence-electron chi connectivity index (χ4n) is 3.25. The summed E-state index contributed by atoms with van der Waals surface area (Å²) in [6.07, 6.45) is 1.55. The summed E-state index contributed by atoms with van der Waals surface area (Å²) >= 11 is 0. The molecule has 0 spiro atoms. The first kappa shape index (κ1) is 15.7. The Morgan fingerprint density at radius 2 is 1.92 bits per heavy atom. The Balaban J connectivity index is 1.92. The third kappa shape index (κ3) is 2.46. The van der Waals surface area contributed by atoms with E-state index in [9.17, 15) is 9.59 Å². The second-order valence-corrected chi connectivity index (χ2v) is 6.39. The largest absolute Gasteiger partial charge is 0.467 e. The van der Waals surface area contributed by atoms with Gasteiger partial charge in [0.15, 0.2) is 5.43 Å². The topological polar surface area (TPSA) is 66.9 Å². The molecule has 2 aromatic heterocycles. The minimum atomic E-state index is -0.557. The van der Waals surface area contributed by atoms with Gasteiger partial charge in [-0.05, 0) is 38.4 Å². The smallest absolute Gasteiger partial charge is 0.291 e. The zero-order chi connectivity index (χ0) is 17.6. The van der Waals surface area contributed by atoms with E-state index in [1.54, 1.807) is 47.6 Å². The fraction of sp³-hybridized carbons (Fsp3) is 0.263. The highest BCUT2D eigenvalue weighted by molar-refractivity contribution is 5.98. The Hall–Kier alpha value is -2.86. The van der Waals surface area contributed by atoms with Crippen LogP contribution in [-0.4, -0.2) is 42.9 Å². The maximum atomic E-state index is 13.1. The van der Waals surface area contributed by atoms with Gasteiger partial charge >= 0.3 is 0 Å². The molecule has 0 saturated carbocycles. The minimum Gasteiger partial charge on any atom is -0.467 e. The van der Waals surface area contributed by atoms with Crippen molar-refractivity contribution in [2.75, 3.05) is 27.2 Å². The number of amides is 1. The molecule has 1 atom stereocenters. The number of nitrogens with zero attached hydrogens (tertiary/aromatic N) is 2. The van der Waals surface area contributed by atoms with E-state index in [1.807, 2.05) is 19.0 Å². The molecule has 1 aliphatic heterocycles. The predicted octanol–water partition coefficient (Wildman–Crippen LogP) is 2.49. The van der Waals surface area contributed by atoms with Gasteiger partial charge in [0.25, 0.3) is 5.91 Å². The van der Waals surface area contributed by atoms with Crippen LogP contribution in [0, 0.1) is 0 Å². The van der Waals surface area contributed by atoms with Gasteiger partial charge in [0.2, 0.25) is 5.76 Å². The van der Waals surface area contributed by atoms with Crippen LogP contribution in [0.2, 0.25) is 0 Å². The van der Waals surface area contributed by atoms with Gasteiger partial charge < -0.3 is 18.6 Å². The van der Waals surface area contributed by atoms with Gasteiger partial charge in [0, 0.05) is 13.1 Å². The summed E-state index contributed by atoms with van der Waals surface area (Å²) in [5.74, 6) is 0.401. The summed E-state index contributed by atoms with van der Waals surface area (Å²) in [7, 11) is 3.88. The van der Waals surface area contributed by atoms with Gasteiger partial charge in [-0.25, -0.2) is 0 Å². The molecular weight excluding hydrogens is 320 g/mol. The first-order chi connectivity index (χ1) is 12.1. The summed E-state index contributed by atoms with van der Waals surface area (Å²) in [5, 5.41) is 0.472. The van der Waals surface area contributed by atoms with Crippen LogP contribution < -0.4 is 5.43 Å². The highest BCUT2D eigenvalue weighted by Crippen LogP contribution is 2.37. The second-order valence-electron chi connectivity index (χ2n) is 6.39. The standard InChI is InChI=1S/C19H18N2O4/c1-20(2)9-10-21-16(14-8-5-11-24-14)15-17(22)12-6-3-4-7-13(12)25-18(15)19(21)23/h3-8,11,16H,9-10H2,1-2H3/t16-/m0/s1. The summed E-state index contributed by atoms with van der Waals surface area (Å²) in [5.41, 5.74) is 0.601. The second kappa shape index (κ2) is 5.89. The maximum Gasteiger partial charge on any atom is 0.291 e. The SMILES string of the molecule is CN(C)CCN1C(=O)c2oc3ccccc3c(=O)c2[C@@H]1c1ccco1. The van der Waals surface area contributed by atoms with Crippen molar-refractivity contribution in [1.29, 1.82) is 0 Å². The molecule has 4 rings (SSSR count). The molecule has 3 aromatic rings. The fourth-order valence-corrected chi connectivity index (χ4v) is 3.25. The Morgan fingerprint density at radius 1 is 1.12 bits per heavy atom. The van der Waals surface area contributed by atoms with Gasteiger partial charge in [-0.3, -0.25) is 9.59 Å². The number of hydrogen-bond acceptors (Lipinski definition) is 5. The number of rotatable bonds is 4. The van der Waals surface area contributed by atoms with Crippen LogP contribution in [0.3, 0.4) is 0 Å². The van der Waals surface area contributed by atoms with E-state index in [2.05, 4.69) is 0 Å². The average molecular weight is 338 g/mol. The molecule has 0 N–H and O–H groups in total. The predicted molar refractivity (Wildman–Crippen MR) is 92.6 cm³/mol. The quantitative estimate of drug-likeness (QED) is 0.731. The number of benzene rings is 1. The number of fused-ring (bicyclic) bond motifs is 2. The summed E-state index contributed by atoms with van der Waals surface area (Å²) < 4.78 is 11.4. The van der Waals surface area contributed by atoms with Gasteiger partial charge in [-0.2, -0.15) is 0 Å². The van der Waals surface area contributed by atoms with Crippen molar-refractivity contribution < 1.29 is 13.6 Å². The molecule has 0 fully saturated rings. The molecule has 0 radical (unpaired) electrons. The lowest BCUT2D eigenvalue weighted by atomic mass is 10.0. The van der Waals surface area contributed by atoms with Gasteiger partial charge in [-0.15, -0.1) is 0 Å². The van der Waals surface area contributed by atoms with E-state index < -0.39 is 6.04 Å². The first-order valence-electron chi connectivity index (χ1n) is 8.13. The molecule has 6 heteroatoms. The lowest BCUT2D eigenvalue weighted by Gasteiger charge is -2.24. The number of furan rings is 1. The number of carbonyl (C=O) groups excluding carboxylic acids is 1. The molecule has 0 aliphatic carbocycles. The van der Waals surface area contributed by atoms with Crippen molar-refractivity contribution in [3.63, 3.8) is 0 Å². The molecule has 0 saturated heterocycles. The average Bonchev–Trinajstić information content (AvgIpc) is 3.21. The monoisotopic (exact) mass is 338 g/mol. The summed E-state index contributed by atoms with van der Waals surface area (Å²) in [4.78, 5) is 29.6. The van der Waals surface area contributed by atoms with Crippen LogP contribution in [0.25, 0.3) is 11.0 Å². The van der Waals surface area contributed by atoms with E-state index in [1.165, 1.54) is 0 Å². The van der Waals surface area contributed by atoms with Crippen molar-refractivity contribution in [3.05, 3.63) is 70.0 Å². The molecule has 1 amide bonds. The number of para-hydroxylation sites is 1. The number of likely N-dealkylation sites (N-methyl/N-ethyl adjacent to an activating group) is 1. The van der Waals surface area contributed by atoms with Crippen molar-refractivity contribution in [2.24, 2.45) is 0 Å². The molecular formula is C19H18N2O4. The summed E-state index contributed by atoms with van der Waals surface area (Å²) in [6, 6.07) is 9.97. The van der Waals surface area contributed by atoms with E-state index in [0.29, 0.717) is 35.4 Å². The van der Waals surface area contributed by atoms with Crippen LogP contribution in [0.5, 0.6) is 0 Å². The van der Waals surface area contributed by atoms with Crippen molar-refractivity contribution in [1.82, 2.24) is 9.80 Å². The zero-order valence-electron chi connectivity index (χ0n) is 14.1. The van der Waals surface area contributed by atoms with Gasteiger partial charge in [0.05, 0.1) is 17.2 Å². The Kier molecular flexibility index (Phi) is 3.69. The van der Waals surface area contributed by atoms with Crippen LogP contribution >= 0.6 is 0 Å². The normalized spacial score (nSPS) is 16.8. The molecule has 1 aliphatic rings. The summed E-state index contributed by atoms with van der Waals surface area (Å²) in [6.45, 7) is 1.14. The van der Waals surface area contributed by atoms with E-state index in [4.69, 9.17) is 8.83 Å². The highest BCUT2D eigenvalue weighted by Gasteiger charge is 2.43. The Labute approximate surface area is 144 Å². The van der Waals surface area contributed by atoms with E-state index >= 15 is 0 Å². The molecule has 25 heavy (non-hydrogen) atoms. The number of carbonyl (C=O) groups is 1. The van der Waals surface area contributed by atoms with E-state index in [0.717, 1.165) is 0 Å². The zero-order valence-corrected chi connectivity index (χ0v) is 14.1. The molecule has 1 aromatic carbocycles. The Morgan fingerprint density at radius 3 is 2.64 bits per heavy atom. The molecule has 128 valence electrons. The first-order valence-corrected chi connectivity index (χ1v) is 8.13. The van der Waals surface area contributed by atoms with Gasteiger partial charge in [-0.1, -0.05) is 12.1 Å². The van der Waals surface area contributed by atoms with Crippen molar-refractivity contribution in [2.45, 2.75) is 6.04 Å². The third-order valence-corrected chi connectivity index (χ3v) is 4.47. The minimum absolute atomic E-state index is 0.115. The lowest BCUT2D eigenvalue weighted by molar-refractivity contribution is 0.0702. The van der Waals surface area contributed by atoms with Crippen molar-refractivity contribution in [3.8, 4) is 0 Å². The molecule has 3 heterocycles. The Bertz CT molecular complexity index is 988. The van der Waals surface area contributed by atoms with Gasteiger partial charge in [0.1, 0.15) is 17.4 Å². The van der Waals surface area contributed by atoms with Crippen molar-refractivity contribution >= 4 is 16.9 Å². The molecule has 0 bridgehead atoms. The molecule has 0 unspecified atom stereocenters. The van der Waals surface area contributed by atoms with Crippen LogP contribution in [-0.2, 0) is 0 Å². The maximum absolute atomic E-state index is 13.1. The third-order valence-electron chi connectivity index (χ3n) is 4.47. The highest BCUT2D eigenvalue weighted by atomic mass is 16.4. The van der Waals surface area contributed by atoms with Crippen LogP contribution in [0.1, 0.15) is 27.9 Å². The van der Waals surface area contributed by atoms with E-state index in [-0.39, 0.29) is 17.1 Å². The lowest BCUT2D eigenvalue weighted by Crippen LogP contribution is -2.35. The number of hydrogen-bond donors (Lipinski definition) is 0. The molecule has 6 nitrogen and oxygen atoms in total. The van der Waals surface area contributed by atoms with Crippen LogP contribution in [0.4, 0.5) is 0 Å².